The zero-order valence-corrected chi connectivity index (χ0v) is 32.1. The van der Waals surface area contributed by atoms with Gasteiger partial charge in [0.25, 0.3) is 0 Å². The summed E-state index contributed by atoms with van der Waals surface area (Å²) in [6.45, 7) is 5.09. The minimum atomic E-state index is -2.19. The van der Waals surface area contributed by atoms with Crippen LogP contribution in [0.5, 0.6) is 0 Å². The monoisotopic (exact) mass is 657 g/mol. The molecule has 0 heterocycles. The van der Waals surface area contributed by atoms with Crippen LogP contribution in [0, 0.1) is 5.92 Å². The molecule has 0 aromatic rings. The summed E-state index contributed by atoms with van der Waals surface area (Å²) in [4.78, 5) is 18.0. The van der Waals surface area contributed by atoms with Crippen LogP contribution >= 0.6 is 8.60 Å². The molecule has 0 amide bonds. The number of hydrogen-bond donors (Lipinski definition) is 2. The summed E-state index contributed by atoms with van der Waals surface area (Å²) in [5.41, 5.74) is 0. The van der Waals surface area contributed by atoms with Crippen LogP contribution in [0.15, 0.2) is 0 Å². The first kappa shape index (κ1) is 45.3. The van der Waals surface area contributed by atoms with Gasteiger partial charge in [0.05, 0.1) is 6.61 Å². The second-order valence-electron chi connectivity index (χ2n) is 14.6. The average molecular weight is 657 g/mol. The average Bonchev–Trinajstić information content (AvgIpc) is 3.03. The van der Waals surface area contributed by atoms with Gasteiger partial charge in [0.15, 0.2) is 0 Å². The van der Waals surface area contributed by atoms with E-state index in [2.05, 4.69) is 13.8 Å². The van der Waals surface area contributed by atoms with Crippen LogP contribution in [0.2, 0.25) is 0 Å². The molecule has 0 radical (unpaired) electrons. The maximum absolute atomic E-state index is 8.98. The first-order valence-corrected chi connectivity index (χ1v) is 22.2. The first-order chi connectivity index (χ1) is 22.2. The smallest absolute Gasteiger partial charge is 0.327 e. The fourth-order valence-corrected chi connectivity index (χ4v) is 7.37. The van der Waals surface area contributed by atoms with Crippen molar-refractivity contribution in [1.82, 2.24) is 0 Å². The number of rotatable bonds is 40. The quantitative estimate of drug-likeness (QED) is 0.0510. The summed E-state index contributed by atoms with van der Waals surface area (Å²) in [6.07, 6.45) is 52.2. The molecule has 0 saturated carbocycles. The maximum atomic E-state index is 8.98. The lowest BCUT2D eigenvalue weighted by atomic mass is 9.90. The Balaban J connectivity index is 3.73. The summed E-state index contributed by atoms with van der Waals surface area (Å²) in [5.74, 6) is 0.855. The normalized spacial score (nSPS) is 11.9. The highest BCUT2D eigenvalue weighted by Crippen LogP contribution is 2.27. The van der Waals surface area contributed by atoms with Crippen LogP contribution in [-0.4, -0.2) is 16.4 Å². The SMILES string of the molecule is CCCCCCCCCCCCCCCCCCC(CCCCCCCCCCCCCCCCCC)CCCCOP(O)O. The number of hydrogen-bond acceptors (Lipinski definition) is 3. The van der Waals surface area contributed by atoms with Gasteiger partial charge < -0.3 is 14.3 Å². The van der Waals surface area contributed by atoms with Gasteiger partial charge in [-0.25, -0.2) is 0 Å². The van der Waals surface area contributed by atoms with Gasteiger partial charge in [0, 0.05) is 0 Å². The van der Waals surface area contributed by atoms with Crippen molar-refractivity contribution in [3.8, 4) is 0 Å². The summed E-state index contributed by atoms with van der Waals surface area (Å²) in [7, 11) is -2.19. The zero-order chi connectivity index (χ0) is 32.7. The molecular formula is C41H85O3P. The standard InChI is InChI=1S/C41H85O3P/c1-3-5-7-9-11-13-15-17-19-21-23-25-27-29-31-33-37-41(39-35-36-40-44-45(42)43)38-34-32-30-28-26-24-22-20-18-16-14-12-10-8-6-4-2/h41-43H,3-40H2,1-2H3. The highest BCUT2D eigenvalue weighted by molar-refractivity contribution is 7.39. The van der Waals surface area contributed by atoms with Crippen LogP contribution in [0.25, 0.3) is 0 Å². The molecule has 45 heavy (non-hydrogen) atoms. The number of unbranched alkanes of at least 4 members (excludes halogenated alkanes) is 31. The van der Waals surface area contributed by atoms with Crippen LogP contribution < -0.4 is 0 Å². The van der Waals surface area contributed by atoms with E-state index < -0.39 is 8.60 Å². The summed E-state index contributed by atoms with van der Waals surface area (Å²) < 4.78 is 4.99. The van der Waals surface area contributed by atoms with Crippen molar-refractivity contribution >= 4 is 8.60 Å². The molecule has 0 unspecified atom stereocenters. The van der Waals surface area contributed by atoms with Gasteiger partial charge in [-0.05, 0) is 12.3 Å². The van der Waals surface area contributed by atoms with Crippen molar-refractivity contribution in [2.24, 2.45) is 5.92 Å². The van der Waals surface area contributed by atoms with E-state index in [4.69, 9.17) is 14.3 Å². The predicted molar refractivity (Wildman–Crippen MR) is 203 cm³/mol. The Hall–Kier alpha value is 0.310. The van der Waals surface area contributed by atoms with E-state index >= 15 is 0 Å². The van der Waals surface area contributed by atoms with Gasteiger partial charge in [-0.1, -0.05) is 245 Å². The Morgan fingerprint density at radius 1 is 0.333 bits per heavy atom. The Bertz CT molecular complexity index is 479. The van der Waals surface area contributed by atoms with Crippen LogP contribution in [0.1, 0.15) is 251 Å². The second kappa shape index (κ2) is 40.5. The third-order valence-electron chi connectivity index (χ3n) is 10.1. The van der Waals surface area contributed by atoms with Crippen LogP contribution in [0.3, 0.4) is 0 Å². The van der Waals surface area contributed by atoms with Gasteiger partial charge in [0.2, 0.25) is 0 Å². The predicted octanol–water partition coefficient (Wildman–Crippen LogP) is 15.3. The van der Waals surface area contributed by atoms with Gasteiger partial charge in [0.1, 0.15) is 0 Å². The third-order valence-corrected chi connectivity index (χ3v) is 10.6. The van der Waals surface area contributed by atoms with E-state index in [1.54, 1.807) is 0 Å². The van der Waals surface area contributed by atoms with Crippen molar-refractivity contribution in [2.45, 2.75) is 251 Å². The molecule has 0 saturated heterocycles. The largest absolute Gasteiger partial charge is 0.328 e. The van der Waals surface area contributed by atoms with E-state index in [9.17, 15) is 0 Å². The summed E-state index contributed by atoms with van der Waals surface area (Å²) in [5, 5.41) is 0. The van der Waals surface area contributed by atoms with E-state index in [-0.39, 0.29) is 0 Å². The lowest BCUT2D eigenvalue weighted by Gasteiger charge is -2.17. The molecule has 2 N–H and O–H groups in total. The Morgan fingerprint density at radius 3 is 0.800 bits per heavy atom. The topological polar surface area (TPSA) is 49.7 Å². The molecule has 0 aliphatic rings. The van der Waals surface area contributed by atoms with E-state index in [0.29, 0.717) is 6.61 Å². The Morgan fingerprint density at radius 2 is 0.556 bits per heavy atom. The van der Waals surface area contributed by atoms with Gasteiger partial charge in [-0.15, -0.1) is 0 Å². The van der Waals surface area contributed by atoms with Gasteiger partial charge in [-0.3, -0.25) is 0 Å². The molecule has 0 bridgehead atoms. The maximum Gasteiger partial charge on any atom is 0.327 e. The minimum Gasteiger partial charge on any atom is -0.328 e. The molecular weight excluding hydrogens is 571 g/mol. The van der Waals surface area contributed by atoms with Crippen molar-refractivity contribution in [1.29, 1.82) is 0 Å². The van der Waals surface area contributed by atoms with E-state index in [0.717, 1.165) is 18.8 Å². The molecule has 0 atom stereocenters. The fraction of sp³-hybridized carbons (Fsp3) is 1.00. The lowest BCUT2D eigenvalue weighted by Crippen LogP contribution is -2.02. The third kappa shape index (κ3) is 40.4. The fourth-order valence-electron chi connectivity index (χ4n) is 7.08. The van der Waals surface area contributed by atoms with Crippen LogP contribution in [-0.2, 0) is 4.52 Å². The Labute approximate surface area is 286 Å². The minimum absolute atomic E-state index is 0.490. The van der Waals surface area contributed by atoms with Crippen molar-refractivity contribution in [3.63, 3.8) is 0 Å². The molecule has 0 aliphatic carbocycles. The molecule has 0 fully saturated rings. The lowest BCUT2D eigenvalue weighted by molar-refractivity contribution is 0.244. The van der Waals surface area contributed by atoms with Crippen LogP contribution in [0.4, 0.5) is 0 Å². The molecule has 272 valence electrons. The molecule has 4 heteroatoms. The molecule has 3 nitrogen and oxygen atoms in total. The first-order valence-electron chi connectivity index (χ1n) is 21.0. The molecule has 0 aromatic carbocycles. The van der Waals surface area contributed by atoms with E-state index in [1.165, 1.54) is 225 Å². The summed E-state index contributed by atoms with van der Waals surface area (Å²) >= 11 is 0. The summed E-state index contributed by atoms with van der Waals surface area (Å²) in [6, 6.07) is 0. The molecule has 0 aliphatic heterocycles. The molecule has 0 spiro atoms. The Kier molecular flexibility index (Phi) is 40.8. The highest BCUT2D eigenvalue weighted by atomic mass is 31.2. The van der Waals surface area contributed by atoms with E-state index in [1.807, 2.05) is 0 Å². The molecule has 0 rings (SSSR count). The zero-order valence-electron chi connectivity index (χ0n) is 31.2. The van der Waals surface area contributed by atoms with Gasteiger partial charge >= 0.3 is 8.60 Å². The van der Waals surface area contributed by atoms with Gasteiger partial charge in [-0.2, -0.15) is 0 Å². The van der Waals surface area contributed by atoms with Crippen molar-refractivity contribution in [2.75, 3.05) is 6.61 Å². The molecule has 0 aromatic heterocycles. The second-order valence-corrected chi connectivity index (χ2v) is 15.4. The van der Waals surface area contributed by atoms with Crippen molar-refractivity contribution < 1.29 is 14.3 Å². The highest BCUT2D eigenvalue weighted by Gasteiger charge is 2.09. The van der Waals surface area contributed by atoms with Crippen molar-refractivity contribution in [3.05, 3.63) is 0 Å².